The molecule has 1 amide bonds. The Balaban J connectivity index is 2.18. The largest absolute Gasteiger partial charge is 0.507 e. The van der Waals surface area contributed by atoms with E-state index in [-0.39, 0.29) is 23.8 Å². The first-order chi connectivity index (χ1) is 9.10. The van der Waals surface area contributed by atoms with Crippen molar-refractivity contribution in [2.24, 2.45) is 0 Å². The molecule has 0 radical (unpaired) electrons. The molecule has 2 aromatic carbocycles. The van der Waals surface area contributed by atoms with E-state index in [9.17, 15) is 9.90 Å². The van der Waals surface area contributed by atoms with Gasteiger partial charge in [-0.05, 0) is 36.8 Å². The number of benzene rings is 2. The van der Waals surface area contributed by atoms with Crippen molar-refractivity contribution in [1.82, 2.24) is 0 Å². The summed E-state index contributed by atoms with van der Waals surface area (Å²) in [7, 11) is 0. The van der Waals surface area contributed by atoms with Crippen molar-refractivity contribution in [3.63, 3.8) is 0 Å². The van der Waals surface area contributed by atoms with Gasteiger partial charge in [-0.15, -0.1) is 0 Å². The molecule has 4 heteroatoms. The van der Waals surface area contributed by atoms with Gasteiger partial charge in [0.15, 0.2) is 0 Å². The first kappa shape index (κ1) is 13.1. The molecular formula is C15H15NO3. The van der Waals surface area contributed by atoms with E-state index in [2.05, 4.69) is 5.32 Å². The molecule has 0 spiro atoms. The van der Waals surface area contributed by atoms with Gasteiger partial charge in [-0.1, -0.05) is 23.8 Å². The van der Waals surface area contributed by atoms with E-state index >= 15 is 0 Å². The Bertz CT molecular complexity index is 591. The summed E-state index contributed by atoms with van der Waals surface area (Å²) in [6, 6.07) is 11.7. The maximum Gasteiger partial charge on any atom is 0.259 e. The van der Waals surface area contributed by atoms with Gasteiger partial charge in [0, 0.05) is 5.69 Å². The van der Waals surface area contributed by atoms with Crippen LogP contribution in [0.5, 0.6) is 5.75 Å². The maximum atomic E-state index is 12.0. The van der Waals surface area contributed by atoms with Crippen molar-refractivity contribution in [3.8, 4) is 5.75 Å². The minimum absolute atomic E-state index is 0.0348. The Kier molecular flexibility index (Phi) is 3.82. The predicted molar refractivity (Wildman–Crippen MR) is 73.2 cm³/mol. The fraction of sp³-hybridized carbons (Fsp3) is 0.133. The number of aryl methyl sites for hydroxylation is 1. The van der Waals surface area contributed by atoms with Gasteiger partial charge in [0.2, 0.25) is 0 Å². The van der Waals surface area contributed by atoms with Crippen molar-refractivity contribution >= 4 is 11.6 Å². The Labute approximate surface area is 111 Å². The van der Waals surface area contributed by atoms with Gasteiger partial charge in [0.1, 0.15) is 5.75 Å². The number of hydrogen-bond donors (Lipinski definition) is 3. The summed E-state index contributed by atoms with van der Waals surface area (Å²) >= 11 is 0. The van der Waals surface area contributed by atoms with E-state index in [0.717, 1.165) is 11.1 Å². The average Bonchev–Trinajstić information content (AvgIpc) is 2.42. The van der Waals surface area contributed by atoms with Crippen molar-refractivity contribution < 1.29 is 15.0 Å². The Morgan fingerprint density at radius 2 is 1.84 bits per heavy atom. The fourth-order valence-corrected chi connectivity index (χ4v) is 1.72. The molecular weight excluding hydrogens is 242 g/mol. The Morgan fingerprint density at radius 1 is 1.16 bits per heavy atom. The molecule has 2 aromatic rings. The molecule has 0 heterocycles. The summed E-state index contributed by atoms with van der Waals surface area (Å²) < 4.78 is 0. The zero-order chi connectivity index (χ0) is 13.8. The number of aliphatic hydroxyl groups excluding tert-OH is 1. The average molecular weight is 257 g/mol. The summed E-state index contributed by atoms with van der Waals surface area (Å²) in [5.74, 6) is -0.409. The van der Waals surface area contributed by atoms with E-state index in [1.54, 1.807) is 36.4 Å². The summed E-state index contributed by atoms with van der Waals surface area (Å²) in [5, 5.41) is 21.3. The SMILES string of the molecule is Cc1ccc(O)c(C(=O)Nc2ccc(CO)cc2)c1. The van der Waals surface area contributed by atoms with Gasteiger partial charge in [-0.2, -0.15) is 0 Å². The summed E-state index contributed by atoms with van der Waals surface area (Å²) in [6.07, 6.45) is 0. The number of phenolic OH excluding ortho intramolecular Hbond substituents is 1. The number of nitrogens with one attached hydrogen (secondary N) is 1. The molecule has 0 fully saturated rings. The van der Waals surface area contributed by atoms with Crippen LogP contribution < -0.4 is 5.32 Å². The molecule has 3 N–H and O–H groups in total. The summed E-state index contributed by atoms with van der Waals surface area (Å²) in [6.45, 7) is 1.82. The lowest BCUT2D eigenvalue weighted by Gasteiger charge is -2.08. The maximum absolute atomic E-state index is 12.0. The van der Waals surface area contributed by atoms with E-state index in [0.29, 0.717) is 5.69 Å². The van der Waals surface area contributed by atoms with Gasteiger partial charge in [-0.3, -0.25) is 4.79 Å². The number of aromatic hydroxyl groups is 1. The lowest BCUT2D eigenvalue weighted by atomic mass is 10.1. The molecule has 0 aliphatic rings. The van der Waals surface area contributed by atoms with E-state index in [1.807, 2.05) is 6.92 Å². The lowest BCUT2D eigenvalue weighted by molar-refractivity contribution is 0.102. The second-order valence-electron chi connectivity index (χ2n) is 4.33. The number of hydrogen-bond acceptors (Lipinski definition) is 3. The number of phenols is 1. The molecule has 0 saturated carbocycles. The van der Waals surface area contributed by atoms with Gasteiger partial charge in [-0.25, -0.2) is 0 Å². The molecule has 0 aromatic heterocycles. The third-order valence-corrected chi connectivity index (χ3v) is 2.79. The molecule has 0 bridgehead atoms. The Hall–Kier alpha value is -2.33. The number of amides is 1. The van der Waals surface area contributed by atoms with E-state index in [4.69, 9.17) is 5.11 Å². The standard InChI is InChI=1S/C15H15NO3/c1-10-2-7-14(18)13(8-10)15(19)16-12-5-3-11(9-17)4-6-12/h2-8,17-18H,9H2,1H3,(H,16,19). The number of rotatable bonds is 3. The van der Waals surface area contributed by atoms with E-state index < -0.39 is 0 Å². The zero-order valence-electron chi connectivity index (χ0n) is 10.6. The molecule has 0 atom stereocenters. The van der Waals surface area contributed by atoms with Crippen LogP contribution in [0.1, 0.15) is 21.5 Å². The van der Waals surface area contributed by atoms with Crippen LogP contribution in [-0.4, -0.2) is 16.1 Å². The highest BCUT2D eigenvalue weighted by molar-refractivity contribution is 6.06. The van der Waals surface area contributed by atoms with Crippen LogP contribution in [0.15, 0.2) is 42.5 Å². The predicted octanol–water partition coefficient (Wildman–Crippen LogP) is 2.45. The quantitative estimate of drug-likeness (QED) is 0.791. The second-order valence-corrected chi connectivity index (χ2v) is 4.33. The fourth-order valence-electron chi connectivity index (χ4n) is 1.72. The van der Waals surface area contributed by atoms with Gasteiger partial charge in [0.05, 0.1) is 12.2 Å². The van der Waals surface area contributed by atoms with Crippen LogP contribution in [0.4, 0.5) is 5.69 Å². The smallest absolute Gasteiger partial charge is 0.259 e. The van der Waals surface area contributed by atoms with Gasteiger partial charge >= 0.3 is 0 Å². The third kappa shape index (κ3) is 3.11. The molecule has 0 unspecified atom stereocenters. The topological polar surface area (TPSA) is 69.6 Å². The van der Waals surface area contributed by atoms with Crippen molar-refractivity contribution in [3.05, 3.63) is 59.2 Å². The molecule has 4 nitrogen and oxygen atoms in total. The lowest BCUT2D eigenvalue weighted by Crippen LogP contribution is -2.12. The highest BCUT2D eigenvalue weighted by Crippen LogP contribution is 2.20. The zero-order valence-corrected chi connectivity index (χ0v) is 10.6. The second kappa shape index (κ2) is 5.54. The summed E-state index contributed by atoms with van der Waals surface area (Å²) in [4.78, 5) is 12.0. The number of anilines is 1. The summed E-state index contributed by atoms with van der Waals surface area (Å²) in [5.41, 5.74) is 2.53. The van der Waals surface area contributed by atoms with Crippen LogP contribution in [-0.2, 0) is 6.61 Å². The molecule has 0 aliphatic heterocycles. The highest BCUT2D eigenvalue weighted by atomic mass is 16.3. The van der Waals surface area contributed by atoms with Crippen LogP contribution >= 0.6 is 0 Å². The highest BCUT2D eigenvalue weighted by Gasteiger charge is 2.11. The normalized spacial score (nSPS) is 10.2. The molecule has 2 rings (SSSR count). The van der Waals surface area contributed by atoms with Crippen molar-refractivity contribution in [2.75, 3.05) is 5.32 Å². The van der Waals surface area contributed by atoms with Gasteiger partial charge < -0.3 is 15.5 Å². The van der Waals surface area contributed by atoms with Gasteiger partial charge in [0.25, 0.3) is 5.91 Å². The van der Waals surface area contributed by atoms with Crippen LogP contribution in [0.2, 0.25) is 0 Å². The van der Waals surface area contributed by atoms with Crippen LogP contribution in [0.25, 0.3) is 0 Å². The number of aliphatic hydroxyl groups is 1. The first-order valence-electron chi connectivity index (χ1n) is 5.91. The number of carbonyl (C=O) groups is 1. The van der Waals surface area contributed by atoms with Crippen LogP contribution in [0.3, 0.4) is 0 Å². The van der Waals surface area contributed by atoms with Crippen LogP contribution in [0, 0.1) is 6.92 Å². The molecule has 19 heavy (non-hydrogen) atoms. The molecule has 0 saturated heterocycles. The Morgan fingerprint density at radius 3 is 2.47 bits per heavy atom. The van der Waals surface area contributed by atoms with E-state index in [1.165, 1.54) is 6.07 Å². The molecule has 98 valence electrons. The minimum atomic E-state index is -0.363. The first-order valence-corrected chi connectivity index (χ1v) is 5.91. The van der Waals surface area contributed by atoms with Crippen molar-refractivity contribution in [2.45, 2.75) is 13.5 Å². The minimum Gasteiger partial charge on any atom is -0.507 e. The number of carbonyl (C=O) groups excluding carboxylic acids is 1. The monoisotopic (exact) mass is 257 g/mol. The van der Waals surface area contributed by atoms with Crippen molar-refractivity contribution in [1.29, 1.82) is 0 Å². The third-order valence-electron chi connectivity index (χ3n) is 2.79. The molecule has 0 aliphatic carbocycles.